The number of rotatable bonds is 7. The lowest BCUT2D eigenvalue weighted by Crippen LogP contribution is -2.33. The lowest BCUT2D eigenvalue weighted by molar-refractivity contribution is 0.177. The van der Waals surface area contributed by atoms with Gasteiger partial charge in [-0.3, -0.25) is 0 Å². The summed E-state index contributed by atoms with van der Waals surface area (Å²) in [6, 6.07) is 6.90. The molecular formula is C14H16FNO3S2. The molecule has 0 aliphatic carbocycles. The number of halogens is 1. The Morgan fingerprint density at radius 1 is 1.33 bits per heavy atom. The van der Waals surface area contributed by atoms with Gasteiger partial charge in [0.2, 0.25) is 10.0 Å². The van der Waals surface area contributed by atoms with Crippen LogP contribution in [0, 0.1) is 5.82 Å². The zero-order chi connectivity index (χ0) is 15.3. The topological polar surface area (TPSA) is 46.6 Å². The molecule has 1 aromatic carbocycles. The normalized spacial score (nSPS) is 12.0. The second-order valence-corrected chi connectivity index (χ2v) is 7.14. The van der Waals surface area contributed by atoms with Gasteiger partial charge >= 0.3 is 0 Å². The van der Waals surface area contributed by atoms with E-state index < -0.39 is 15.8 Å². The lowest BCUT2D eigenvalue weighted by atomic mass is 10.3. The van der Waals surface area contributed by atoms with Crippen LogP contribution in [-0.2, 0) is 21.3 Å². The first kappa shape index (κ1) is 16.1. The van der Waals surface area contributed by atoms with Crippen molar-refractivity contribution in [3.8, 4) is 0 Å². The van der Waals surface area contributed by atoms with Crippen molar-refractivity contribution in [3.05, 3.63) is 52.5 Å². The van der Waals surface area contributed by atoms with Crippen molar-refractivity contribution in [2.75, 3.05) is 20.3 Å². The Labute approximate surface area is 127 Å². The molecule has 0 spiro atoms. The molecule has 0 aliphatic rings. The van der Waals surface area contributed by atoms with Gasteiger partial charge in [0.15, 0.2) is 0 Å². The fourth-order valence-corrected chi connectivity index (χ4v) is 3.94. The Kier molecular flexibility index (Phi) is 5.46. The van der Waals surface area contributed by atoms with E-state index in [2.05, 4.69) is 0 Å². The van der Waals surface area contributed by atoms with Gasteiger partial charge in [0.25, 0.3) is 0 Å². The number of hydrogen-bond acceptors (Lipinski definition) is 4. The molecule has 0 amide bonds. The molecule has 0 saturated heterocycles. The van der Waals surface area contributed by atoms with E-state index in [-0.39, 0.29) is 24.6 Å². The van der Waals surface area contributed by atoms with Gasteiger partial charge in [0.1, 0.15) is 5.82 Å². The minimum Gasteiger partial charge on any atom is -0.383 e. The number of sulfonamides is 1. The Bertz CT molecular complexity index is 671. The molecule has 2 rings (SSSR count). The Hall–Kier alpha value is -1.28. The predicted molar refractivity (Wildman–Crippen MR) is 80.2 cm³/mol. The molecule has 0 atom stereocenters. The number of methoxy groups -OCH3 is 1. The first-order chi connectivity index (χ1) is 10.0. The minimum absolute atomic E-state index is 0.0474. The van der Waals surface area contributed by atoms with Crippen LogP contribution in [0.25, 0.3) is 0 Å². The zero-order valence-corrected chi connectivity index (χ0v) is 13.2. The number of thiophene rings is 1. The summed E-state index contributed by atoms with van der Waals surface area (Å²) in [5.74, 6) is -0.571. The van der Waals surface area contributed by atoms with Crippen LogP contribution in [0.2, 0.25) is 0 Å². The van der Waals surface area contributed by atoms with Crippen molar-refractivity contribution in [2.45, 2.75) is 11.4 Å². The van der Waals surface area contributed by atoms with Crippen molar-refractivity contribution < 1.29 is 17.5 Å². The van der Waals surface area contributed by atoms with E-state index in [0.29, 0.717) is 0 Å². The lowest BCUT2D eigenvalue weighted by Gasteiger charge is -2.21. The highest BCUT2D eigenvalue weighted by atomic mass is 32.2. The Balaban J connectivity index is 2.29. The van der Waals surface area contributed by atoms with Gasteiger partial charge in [0.05, 0.1) is 11.5 Å². The summed E-state index contributed by atoms with van der Waals surface area (Å²) in [4.78, 5) is -0.0474. The van der Waals surface area contributed by atoms with E-state index in [1.807, 2.05) is 16.8 Å². The third-order valence-corrected chi connectivity index (χ3v) is 5.49. The summed E-state index contributed by atoms with van der Waals surface area (Å²) in [5.41, 5.74) is 0.899. The average Bonchev–Trinajstić information content (AvgIpc) is 2.96. The van der Waals surface area contributed by atoms with Gasteiger partial charge in [-0.15, -0.1) is 0 Å². The van der Waals surface area contributed by atoms with Gasteiger partial charge in [0, 0.05) is 20.2 Å². The van der Waals surface area contributed by atoms with Gasteiger partial charge in [-0.25, -0.2) is 12.8 Å². The molecule has 0 N–H and O–H groups in total. The highest BCUT2D eigenvalue weighted by molar-refractivity contribution is 7.89. The average molecular weight is 329 g/mol. The third kappa shape index (κ3) is 4.10. The number of hydrogen-bond donors (Lipinski definition) is 0. The fraction of sp³-hybridized carbons (Fsp3) is 0.286. The van der Waals surface area contributed by atoms with E-state index in [4.69, 9.17) is 4.74 Å². The van der Waals surface area contributed by atoms with Crippen LogP contribution in [-0.4, -0.2) is 33.0 Å². The highest BCUT2D eigenvalue weighted by Gasteiger charge is 2.24. The SMILES string of the molecule is COCCN(Cc1ccsc1)S(=O)(=O)c1cccc(F)c1. The third-order valence-electron chi connectivity index (χ3n) is 2.92. The molecule has 21 heavy (non-hydrogen) atoms. The second-order valence-electron chi connectivity index (χ2n) is 4.42. The molecule has 0 unspecified atom stereocenters. The zero-order valence-electron chi connectivity index (χ0n) is 11.5. The van der Waals surface area contributed by atoms with Crippen LogP contribution in [0.3, 0.4) is 0 Å². The van der Waals surface area contributed by atoms with E-state index >= 15 is 0 Å². The Morgan fingerprint density at radius 3 is 2.76 bits per heavy atom. The van der Waals surface area contributed by atoms with E-state index in [9.17, 15) is 12.8 Å². The monoisotopic (exact) mass is 329 g/mol. The summed E-state index contributed by atoms with van der Waals surface area (Å²) >= 11 is 1.50. The van der Waals surface area contributed by atoms with Crippen LogP contribution < -0.4 is 0 Å². The minimum atomic E-state index is -3.75. The second kappa shape index (κ2) is 7.13. The van der Waals surface area contributed by atoms with Crippen molar-refractivity contribution in [1.29, 1.82) is 0 Å². The molecule has 4 nitrogen and oxygen atoms in total. The van der Waals surface area contributed by atoms with Crippen LogP contribution in [0.4, 0.5) is 4.39 Å². The predicted octanol–water partition coefficient (Wildman–Crippen LogP) is 2.72. The summed E-state index contributed by atoms with van der Waals surface area (Å²) in [7, 11) is -2.24. The van der Waals surface area contributed by atoms with Gasteiger partial charge in [-0.05, 0) is 40.6 Å². The maximum absolute atomic E-state index is 13.3. The molecule has 1 heterocycles. The molecule has 1 aromatic heterocycles. The maximum atomic E-state index is 13.3. The smallest absolute Gasteiger partial charge is 0.243 e. The van der Waals surface area contributed by atoms with E-state index in [1.54, 1.807) is 0 Å². The summed E-state index contributed by atoms with van der Waals surface area (Å²) < 4.78 is 44.8. The summed E-state index contributed by atoms with van der Waals surface area (Å²) in [6.07, 6.45) is 0. The molecule has 114 valence electrons. The summed E-state index contributed by atoms with van der Waals surface area (Å²) in [6.45, 7) is 0.732. The van der Waals surface area contributed by atoms with Gasteiger partial charge in [-0.2, -0.15) is 15.6 Å². The maximum Gasteiger partial charge on any atom is 0.243 e. The molecule has 0 radical (unpaired) electrons. The van der Waals surface area contributed by atoms with Crippen molar-refractivity contribution in [1.82, 2.24) is 4.31 Å². The van der Waals surface area contributed by atoms with Crippen molar-refractivity contribution in [2.24, 2.45) is 0 Å². The highest BCUT2D eigenvalue weighted by Crippen LogP contribution is 2.20. The van der Waals surface area contributed by atoms with E-state index in [0.717, 1.165) is 11.6 Å². The van der Waals surface area contributed by atoms with Crippen LogP contribution >= 0.6 is 11.3 Å². The van der Waals surface area contributed by atoms with Crippen molar-refractivity contribution >= 4 is 21.4 Å². The first-order valence-electron chi connectivity index (χ1n) is 6.30. The molecule has 0 fully saturated rings. The Morgan fingerprint density at radius 2 is 2.14 bits per heavy atom. The number of ether oxygens (including phenoxy) is 1. The van der Waals surface area contributed by atoms with Crippen molar-refractivity contribution in [3.63, 3.8) is 0 Å². The number of benzene rings is 1. The van der Waals surface area contributed by atoms with Gasteiger partial charge in [-0.1, -0.05) is 6.07 Å². The van der Waals surface area contributed by atoms with Gasteiger partial charge < -0.3 is 4.74 Å². The largest absolute Gasteiger partial charge is 0.383 e. The first-order valence-corrected chi connectivity index (χ1v) is 8.68. The molecule has 0 aliphatic heterocycles. The molecular weight excluding hydrogens is 313 g/mol. The van der Waals surface area contributed by atoms with Crippen LogP contribution in [0.15, 0.2) is 46.0 Å². The quantitative estimate of drug-likeness (QED) is 0.785. The van der Waals surface area contributed by atoms with E-state index in [1.165, 1.54) is 41.0 Å². The van der Waals surface area contributed by atoms with Crippen LogP contribution in [0.5, 0.6) is 0 Å². The fourth-order valence-electron chi connectivity index (χ4n) is 1.84. The summed E-state index contributed by atoms with van der Waals surface area (Å²) in [5, 5.41) is 3.78. The molecule has 7 heteroatoms. The molecule has 0 bridgehead atoms. The number of nitrogens with zero attached hydrogens (tertiary/aromatic N) is 1. The van der Waals surface area contributed by atoms with Crippen LogP contribution in [0.1, 0.15) is 5.56 Å². The standard InChI is InChI=1S/C14H16FNO3S2/c1-19-7-6-16(10-12-5-8-20-11-12)21(17,18)14-4-2-3-13(15)9-14/h2-5,8-9,11H,6-7,10H2,1H3. The molecule has 2 aromatic rings. The molecule has 0 saturated carbocycles.